The van der Waals surface area contributed by atoms with Gasteiger partial charge < -0.3 is 0 Å². The molecular formula is C16H12OS. The molecule has 3 rings (SSSR count). The highest BCUT2D eigenvalue weighted by Gasteiger charge is 2.04. The summed E-state index contributed by atoms with van der Waals surface area (Å²) in [5.74, 6) is 0. The van der Waals surface area contributed by atoms with Crippen LogP contribution in [0.15, 0.2) is 53.4 Å². The van der Waals surface area contributed by atoms with Gasteiger partial charge in [0.1, 0.15) is 0 Å². The predicted molar refractivity (Wildman–Crippen MR) is 78.6 cm³/mol. The van der Waals surface area contributed by atoms with Crippen LogP contribution in [-0.4, -0.2) is 12.5 Å². The maximum absolute atomic E-state index is 11.1. The summed E-state index contributed by atoms with van der Waals surface area (Å²) in [5, 5.41) is 4.74. The van der Waals surface area contributed by atoms with Gasteiger partial charge in [0.2, 0.25) is 0 Å². The van der Waals surface area contributed by atoms with Crippen LogP contribution in [0, 0.1) is 0 Å². The van der Waals surface area contributed by atoms with Crippen molar-refractivity contribution in [2.45, 2.75) is 4.90 Å². The summed E-state index contributed by atoms with van der Waals surface area (Å²) in [5.41, 5.74) is 0.769. The summed E-state index contributed by atoms with van der Waals surface area (Å²) in [4.78, 5) is 12.1. The first-order valence-corrected chi connectivity index (χ1v) is 7.00. The summed E-state index contributed by atoms with van der Waals surface area (Å²) >= 11 is 1.61. The predicted octanol–water partition coefficient (Wildman–Crippen LogP) is 4.53. The van der Waals surface area contributed by atoms with Crippen LogP contribution < -0.4 is 0 Å². The molecule has 0 aliphatic carbocycles. The lowest BCUT2D eigenvalue weighted by atomic mass is 10.0. The third-order valence-electron chi connectivity index (χ3n) is 3.18. The molecule has 18 heavy (non-hydrogen) atoms. The Hall–Kier alpha value is -1.80. The van der Waals surface area contributed by atoms with Crippen molar-refractivity contribution in [1.82, 2.24) is 0 Å². The van der Waals surface area contributed by atoms with Gasteiger partial charge in [-0.3, -0.25) is 4.79 Å². The first kappa shape index (κ1) is 11.3. The molecule has 3 aromatic rings. The quantitative estimate of drug-likeness (QED) is 0.379. The van der Waals surface area contributed by atoms with Gasteiger partial charge in [-0.15, -0.1) is 11.8 Å². The molecule has 0 fully saturated rings. The van der Waals surface area contributed by atoms with Gasteiger partial charge in [-0.25, -0.2) is 0 Å². The molecule has 0 amide bonds. The monoisotopic (exact) mass is 252 g/mol. The third kappa shape index (κ3) is 1.79. The minimum Gasteiger partial charge on any atom is -0.298 e. The van der Waals surface area contributed by atoms with Gasteiger partial charge in [0.05, 0.1) is 0 Å². The number of aldehydes is 1. The smallest absolute Gasteiger partial charge is 0.151 e. The topological polar surface area (TPSA) is 17.1 Å². The zero-order valence-electron chi connectivity index (χ0n) is 10.0. The van der Waals surface area contributed by atoms with Crippen molar-refractivity contribution in [2.24, 2.45) is 0 Å². The standard InChI is InChI=1S/C16H12OS/c1-18-16-9-14-7-12-5-3-2-4-11(12)6-13(14)8-15(16)10-17/h2-10H,1H3. The van der Waals surface area contributed by atoms with Crippen LogP contribution in [0.25, 0.3) is 21.5 Å². The average Bonchev–Trinajstić information content (AvgIpc) is 2.43. The highest BCUT2D eigenvalue weighted by Crippen LogP contribution is 2.29. The normalized spacial score (nSPS) is 10.9. The molecular weight excluding hydrogens is 240 g/mol. The molecule has 0 heterocycles. The SMILES string of the molecule is CSc1cc2cc3ccccc3cc2cc1C=O. The van der Waals surface area contributed by atoms with E-state index >= 15 is 0 Å². The molecule has 2 heteroatoms. The number of carbonyl (C=O) groups is 1. The van der Waals surface area contributed by atoms with E-state index in [1.807, 2.05) is 24.5 Å². The van der Waals surface area contributed by atoms with Crippen LogP contribution in [0.5, 0.6) is 0 Å². The average molecular weight is 252 g/mol. The number of hydrogen-bond donors (Lipinski definition) is 0. The highest BCUT2D eigenvalue weighted by molar-refractivity contribution is 7.98. The zero-order chi connectivity index (χ0) is 12.5. The van der Waals surface area contributed by atoms with Crippen LogP contribution in [0.4, 0.5) is 0 Å². The summed E-state index contributed by atoms with van der Waals surface area (Å²) < 4.78 is 0. The molecule has 0 aliphatic heterocycles. The third-order valence-corrected chi connectivity index (χ3v) is 3.97. The Kier molecular flexibility index (Phi) is 2.80. The van der Waals surface area contributed by atoms with E-state index in [9.17, 15) is 4.79 Å². The van der Waals surface area contributed by atoms with E-state index in [0.717, 1.165) is 22.1 Å². The number of thioether (sulfide) groups is 1. The maximum Gasteiger partial charge on any atom is 0.151 e. The minimum atomic E-state index is 0.769. The van der Waals surface area contributed by atoms with E-state index in [1.54, 1.807) is 11.8 Å². The Balaban J connectivity index is 2.39. The number of rotatable bonds is 2. The molecule has 0 bridgehead atoms. The van der Waals surface area contributed by atoms with Crippen molar-refractivity contribution < 1.29 is 4.79 Å². The van der Waals surface area contributed by atoms with Gasteiger partial charge >= 0.3 is 0 Å². The van der Waals surface area contributed by atoms with E-state index in [0.29, 0.717) is 0 Å². The molecule has 3 aromatic carbocycles. The molecule has 1 nitrogen and oxygen atoms in total. The van der Waals surface area contributed by atoms with Crippen molar-refractivity contribution in [3.8, 4) is 0 Å². The molecule has 0 N–H and O–H groups in total. The largest absolute Gasteiger partial charge is 0.298 e. The van der Waals surface area contributed by atoms with Crippen LogP contribution in [0.2, 0.25) is 0 Å². The first-order valence-electron chi connectivity index (χ1n) is 5.77. The second kappa shape index (κ2) is 4.46. The molecule has 0 saturated carbocycles. The van der Waals surface area contributed by atoms with Crippen molar-refractivity contribution in [2.75, 3.05) is 6.26 Å². The fraction of sp³-hybridized carbons (Fsp3) is 0.0625. The van der Waals surface area contributed by atoms with Crippen molar-refractivity contribution in [1.29, 1.82) is 0 Å². The molecule has 0 radical (unpaired) electrons. The number of hydrogen-bond acceptors (Lipinski definition) is 2. The van der Waals surface area contributed by atoms with Crippen LogP contribution in [0.3, 0.4) is 0 Å². The molecule has 88 valence electrons. The van der Waals surface area contributed by atoms with Crippen molar-refractivity contribution in [3.05, 3.63) is 54.1 Å². The van der Waals surface area contributed by atoms with Crippen molar-refractivity contribution in [3.63, 3.8) is 0 Å². The Labute approximate surface area is 110 Å². The molecule has 0 aliphatic rings. The summed E-state index contributed by atoms with van der Waals surface area (Å²) in [6.45, 7) is 0. The molecule has 0 atom stereocenters. The summed E-state index contributed by atoms with van der Waals surface area (Å²) in [6.07, 6.45) is 2.93. The minimum absolute atomic E-state index is 0.769. The van der Waals surface area contributed by atoms with Crippen LogP contribution >= 0.6 is 11.8 Å². The lowest BCUT2D eigenvalue weighted by Crippen LogP contribution is -1.86. The maximum atomic E-state index is 11.1. The highest BCUT2D eigenvalue weighted by atomic mass is 32.2. The lowest BCUT2D eigenvalue weighted by Gasteiger charge is -2.06. The van der Waals surface area contributed by atoms with Gasteiger partial charge in [0.25, 0.3) is 0 Å². The summed E-state index contributed by atoms with van der Waals surface area (Å²) in [6, 6.07) is 16.7. The summed E-state index contributed by atoms with van der Waals surface area (Å²) in [7, 11) is 0. The molecule has 0 unspecified atom stereocenters. The fourth-order valence-electron chi connectivity index (χ4n) is 2.26. The Morgan fingerprint density at radius 3 is 2.06 bits per heavy atom. The van der Waals surface area contributed by atoms with Gasteiger partial charge in [-0.1, -0.05) is 24.3 Å². The molecule has 0 saturated heterocycles. The van der Waals surface area contributed by atoms with Crippen LogP contribution in [-0.2, 0) is 0 Å². The van der Waals surface area contributed by atoms with E-state index < -0.39 is 0 Å². The first-order chi connectivity index (χ1) is 8.81. The van der Waals surface area contributed by atoms with Gasteiger partial charge in [0, 0.05) is 10.5 Å². The lowest BCUT2D eigenvalue weighted by molar-refractivity contribution is 0.112. The van der Waals surface area contributed by atoms with Crippen LogP contribution in [0.1, 0.15) is 10.4 Å². The second-order valence-electron chi connectivity index (χ2n) is 4.26. The second-order valence-corrected chi connectivity index (χ2v) is 5.11. The molecule has 0 spiro atoms. The van der Waals surface area contributed by atoms with Crippen molar-refractivity contribution >= 4 is 39.6 Å². The van der Waals surface area contributed by atoms with E-state index in [4.69, 9.17) is 0 Å². The van der Waals surface area contributed by atoms with E-state index in [-0.39, 0.29) is 0 Å². The van der Waals surface area contributed by atoms with Gasteiger partial charge in [0.15, 0.2) is 6.29 Å². The van der Waals surface area contributed by atoms with Gasteiger partial charge in [-0.2, -0.15) is 0 Å². The van der Waals surface area contributed by atoms with E-state index in [1.165, 1.54) is 16.2 Å². The number of fused-ring (bicyclic) bond motifs is 2. The zero-order valence-corrected chi connectivity index (χ0v) is 10.8. The fourth-order valence-corrected chi connectivity index (χ4v) is 2.85. The van der Waals surface area contributed by atoms with Gasteiger partial charge in [-0.05, 0) is 52.1 Å². The Bertz CT molecular complexity index is 747. The van der Waals surface area contributed by atoms with E-state index in [2.05, 4.69) is 30.3 Å². The Morgan fingerprint density at radius 1 is 0.889 bits per heavy atom. The molecule has 0 aromatic heterocycles. The number of benzene rings is 3. The number of carbonyl (C=O) groups excluding carboxylic acids is 1. The Morgan fingerprint density at radius 2 is 1.50 bits per heavy atom.